The molecule has 0 N–H and O–H groups in total. The van der Waals surface area contributed by atoms with Crippen molar-refractivity contribution in [3.8, 4) is 11.3 Å². The van der Waals surface area contributed by atoms with Crippen LogP contribution in [0.1, 0.15) is 25.5 Å². The molecule has 0 amide bonds. The van der Waals surface area contributed by atoms with E-state index in [1.54, 1.807) is 0 Å². The molecule has 0 aliphatic carbocycles. The zero-order valence-electron chi connectivity index (χ0n) is 10.0. The lowest BCUT2D eigenvalue weighted by Gasteiger charge is -2.06. The van der Waals surface area contributed by atoms with Gasteiger partial charge in [0.2, 0.25) is 0 Å². The minimum absolute atomic E-state index is 0.323. The van der Waals surface area contributed by atoms with E-state index in [0.29, 0.717) is 16.1 Å². The van der Waals surface area contributed by atoms with Gasteiger partial charge in [-0.2, -0.15) is 5.10 Å². The molecule has 4 heteroatoms. The summed E-state index contributed by atoms with van der Waals surface area (Å²) >= 11 is 12.4. The van der Waals surface area contributed by atoms with Gasteiger partial charge in [0, 0.05) is 17.8 Å². The van der Waals surface area contributed by atoms with Crippen molar-refractivity contribution in [3.05, 3.63) is 40.0 Å². The molecule has 0 saturated heterocycles. The van der Waals surface area contributed by atoms with Crippen molar-refractivity contribution < 1.29 is 0 Å². The van der Waals surface area contributed by atoms with Crippen LogP contribution >= 0.6 is 23.2 Å². The predicted octanol–water partition coefficient (Wildman–Crippen LogP) is 4.75. The second-order valence-electron chi connectivity index (χ2n) is 4.33. The van der Waals surface area contributed by atoms with E-state index >= 15 is 0 Å². The van der Waals surface area contributed by atoms with Crippen LogP contribution in [0.4, 0.5) is 0 Å². The average molecular weight is 269 g/mol. The Morgan fingerprint density at radius 3 is 2.24 bits per heavy atom. The molecular formula is C13H14Cl2N2. The van der Waals surface area contributed by atoms with Crippen molar-refractivity contribution in [2.45, 2.75) is 26.8 Å². The van der Waals surface area contributed by atoms with Crippen LogP contribution in [-0.4, -0.2) is 9.78 Å². The molecule has 0 aliphatic rings. The third-order valence-electron chi connectivity index (χ3n) is 2.64. The number of hydrogen-bond acceptors (Lipinski definition) is 1. The largest absolute Gasteiger partial charge is 0.269 e. The Bertz CT molecular complexity index is 524. The molecule has 0 unspecified atom stereocenters. The number of hydrogen-bond donors (Lipinski definition) is 0. The van der Waals surface area contributed by atoms with Crippen LogP contribution < -0.4 is 0 Å². The molecule has 2 nitrogen and oxygen atoms in total. The van der Waals surface area contributed by atoms with Gasteiger partial charge in [0.05, 0.1) is 15.7 Å². The summed E-state index contributed by atoms with van der Waals surface area (Å²) in [6.45, 7) is 6.19. The van der Waals surface area contributed by atoms with Crippen molar-refractivity contribution in [2.24, 2.45) is 0 Å². The number of benzene rings is 1. The number of halogens is 2. The highest BCUT2D eigenvalue weighted by molar-refractivity contribution is 6.39. The average Bonchev–Trinajstić information content (AvgIpc) is 2.61. The molecular weight excluding hydrogens is 255 g/mol. The zero-order chi connectivity index (χ0) is 12.6. The van der Waals surface area contributed by atoms with E-state index in [-0.39, 0.29) is 0 Å². The number of aromatic nitrogens is 2. The zero-order valence-corrected chi connectivity index (χ0v) is 11.5. The van der Waals surface area contributed by atoms with Gasteiger partial charge in [0.15, 0.2) is 0 Å². The van der Waals surface area contributed by atoms with Gasteiger partial charge >= 0.3 is 0 Å². The molecule has 0 radical (unpaired) electrons. The third kappa shape index (κ3) is 2.33. The first-order valence-electron chi connectivity index (χ1n) is 5.51. The lowest BCUT2D eigenvalue weighted by molar-refractivity contribution is 0.533. The van der Waals surface area contributed by atoms with Crippen LogP contribution in [0.15, 0.2) is 24.4 Å². The molecule has 0 spiro atoms. The van der Waals surface area contributed by atoms with Crippen molar-refractivity contribution in [1.82, 2.24) is 9.78 Å². The lowest BCUT2D eigenvalue weighted by atomic mass is 10.1. The van der Waals surface area contributed by atoms with Crippen LogP contribution in [0, 0.1) is 6.92 Å². The summed E-state index contributed by atoms with van der Waals surface area (Å²) in [5.74, 6) is 0. The Kier molecular flexibility index (Phi) is 3.45. The smallest absolute Gasteiger partial charge is 0.0982 e. The normalized spacial score (nSPS) is 11.2. The fraction of sp³-hybridized carbons (Fsp3) is 0.308. The third-order valence-corrected chi connectivity index (χ3v) is 3.27. The second-order valence-corrected chi connectivity index (χ2v) is 5.15. The van der Waals surface area contributed by atoms with E-state index in [2.05, 4.69) is 18.9 Å². The van der Waals surface area contributed by atoms with E-state index < -0.39 is 0 Å². The van der Waals surface area contributed by atoms with Gasteiger partial charge in [-0.1, -0.05) is 29.3 Å². The molecule has 0 saturated carbocycles. The fourth-order valence-corrected chi connectivity index (χ4v) is 2.29. The number of rotatable bonds is 2. The van der Waals surface area contributed by atoms with Crippen molar-refractivity contribution >= 4 is 23.2 Å². The summed E-state index contributed by atoms with van der Waals surface area (Å²) in [6, 6.07) is 5.82. The maximum atomic E-state index is 6.19. The maximum absolute atomic E-state index is 6.19. The van der Waals surface area contributed by atoms with Gasteiger partial charge in [0.25, 0.3) is 0 Å². The first kappa shape index (κ1) is 12.5. The van der Waals surface area contributed by atoms with Gasteiger partial charge in [-0.25, -0.2) is 0 Å². The highest BCUT2D eigenvalue weighted by atomic mass is 35.5. The molecule has 0 fully saturated rings. The number of aryl methyl sites for hydroxylation is 1. The fourth-order valence-electron chi connectivity index (χ4n) is 1.72. The summed E-state index contributed by atoms with van der Waals surface area (Å²) in [5, 5.41) is 5.82. The highest BCUT2D eigenvalue weighted by Gasteiger charge is 2.15. The van der Waals surface area contributed by atoms with E-state index in [0.717, 1.165) is 16.8 Å². The van der Waals surface area contributed by atoms with Crippen molar-refractivity contribution in [3.63, 3.8) is 0 Å². The molecule has 0 atom stereocenters. The topological polar surface area (TPSA) is 17.8 Å². The predicted molar refractivity (Wildman–Crippen MR) is 72.8 cm³/mol. The summed E-state index contributed by atoms with van der Waals surface area (Å²) in [5.41, 5.74) is 2.75. The maximum Gasteiger partial charge on any atom is 0.0982 e. The summed E-state index contributed by atoms with van der Waals surface area (Å²) in [4.78, 5) is 0. The Morgan fingerprint density at radius 1 is 1.18 bits per heavy atom. The highest BCUT2D eigenvalue weighted by Crippen LogP contribution is 2.35. The first-order valence-corrected chi connectivity index (χ1v) is 6.26. The van der Waals surface area contributed by atoms with E-state index in [9.17, 15) is 0 Å². The number of nitrogens with zero attached hydrogens (tertiary/aromatic N) is 2. The minimum atomic E-state index is 0.323. The molecule has 17 heavy (non-hydrogen) atoms. The van der Waals surface area contributed by atoms with Crippen molar-refractivity contribution in [2.75, 3.05) is 0 Å². The monoisotopic (exact) mass is 268 g/mol. The quantitative estimate of drug-likeness (QED) is 0.769. The van der Waals surface area contributed by atoms with Crippen LogP contribution in [0.25, 0.3) is 11.3 Å². The van der Waals surface area contributed by atoms with Gasteiger partial charge < -0.3 is 0 Å². The lowest BCUT2D eigenvalue weighted by Crippen LogP contribution is -2.00. The summed E-state index contributed by atoms with van der Waals surface area (Å²) in [7, 11) is 0. The first-order chi connectivity index (χ1) is 8.00. The molecule has 1 aromatic carbocycles. The molecule has 0 aliphatic heterocycles. The van der Waals surface area contributed by atoms with Crippen LogP contribution in [0.5, 0.6) is 0 Å². The Hall–Kier alpha value is -0.990. The van der Waals surface area contributed by atoms with Gasteiger partial charge in [-0.05, 0) is 38.5 Å². The standard InChI is InChI=1S/C13H14Cl2N2/c1-8(2)17-7-9(3)13(16-17)12-10(14)5-4-6-11(12)15/h4-8H,1-3H3. The van der Waals surface area contributed by atoms with Gasteiger partial charge in [-0.15, -0.1) is 0 Å². The Morgan fingerprint density at radius 2 is 1.76 bits per heavy atom. The second kappa shape index (κ2) is 4.71. The Balaban J connectivity index is 2.61. The van der Waals surface area contributed by atoms with Gasteiger partial charge in [-0.3, -0.25) is 4.68 Å². The van der Waals surface area contributed by atoms with Gasteiger partial charge in [0.1, 0.15) is 0 Å². The van der Waals surface area contributed by atoms with E-state index in [4.69, 9.17) is 23.2 Å². The van der Waals surface area contributed by atoms with E-state index in [1.165, 1.54) is 0 Å². The van der Waals surface area contributed by atoms with Crippen LogP contribution in [0.2, 0.25) is 10.0 Å². The SMILES string of the molecule is Cc1cn(C(C)C)nc1-c1c(Cl)cccc1Cl. The van der Waals surface area contributed by atoms with E-state index in [1.807, 2.05) is 36.0 Å². The molecule has 90 valence electrons. The minimum Gasteiger partial charge on any atom is -0.269 e. The molecule has 1 heterocycles. The van der Waals surface area contributed by atoms with Crippen LogP contribution in [-0.2, 0) is 0 Å². The Labute approximate surface area is 111 Å². The molecule has 0 bridgehead atoms. The summed E-state index contributed by atoms with van der Waals surface area (Å²) < 4.78 is 1.92. The molecule has 1 aromatic heterocycles. The molecule has 2 aromatic rings. The summed E-state index contributed by atoms with van der Waals surface area (Å²) in [6.07, 6.45) is 2.01. The van der Waals surface area contributed by atoms with Crippen LogP contribution in [0.3, 0.4) is 0 Å². The van der Waals surface area contributed by atoms with Crippen molar-refractivity contribution in [1.29, 1.82) is 0 Å². The molecule has 2 rings (SSSR count).